The number of para-hydroxylation sites is 2. The van der Waals surface area contributed by atoms with Gasteiger partial charge in [0.05, 0.1) is 5.52 Å². The van der Waals surface area contributed by atoms with E-state index in [0.29, 0.717) is 17.5 Å². The molecule has 0 saturated heterocycles. The first-order valence-corrected chi connectivity index (χ1v) is 17.8. The van der Waals surface area contributed by atoms with E-state index in [9.17, 15) is 0 Å². The second-order valence-corrected chi connectivity index (χ2v) is 13.5. The van der Waals surface area contributed by atoms with Crippen molar-refractivity contribution in [2.45, 2.75) is 12.8 Å². The van der Waals surface area contributed by atoms with Crippen molar-refractivity contribution in [3.63, 3.8) is 0 Å². The number of hydrogen-bond acceptors (Lipinski definition) is 4. The lowest BCUT2D eigenvalue weighted by atomic mass is 9.95. The molecule has 7 aromatic carbocycles. The first kappa shape index (κ1) is 28.9. The molecule has 0 aliphatic heterocycles. The minimum atomic E-state index is 0.615. The van der Waals surface area contributed by atoms with Crippen LogP contribution < -0.4 is 0 Å². The maximum atomic E-state index is 6.75. The van der Waals surface area contributed by atoms with Gasteiger partial charge >= 0.3 is 0 Å². The second kappa shape index (κ2) is 11.3. The van der Waals surface area contributed by atoms with Crippen LogP contribution in [0.5, 0.6) is 0 Å². The molecule has 3 heterocycles. The SMILES string of the molecule is C1=Cc2c(c3c(-c4nc(-c5ccccc5)nc(-c5cc6ccc7ccccc7c6c6oc7ccccc7c56)n4)cccc3n2-c2ccccc2)CC1. The van der Waals surface area contributed by atoms with Crippen molar-refractivity contribution in [1.82, 2.24) is 19.5 Å². The second-order valence-electron chi connectivity index (χ2n) is 13.5. The first-order valence-electron chi connectivity index (χ1n) is 17.8. The minimum absolute atomic E-state index is 0.615. The number of aromatic nitrogens is 4. The Balaban J connectivity index is 1.24. The standard InChI is InChI=1S/C47H30N4O/c1-3-15-30(16-4-1)45-48-46(36-22-13-24-39-42(36)34-20-9-11-23-38(34)51(39)32-17-5-2-6-18-32)50-47(49-45)37-28-31-27-26-29-14-7-8-19-33(29)41(31)44-43(37)35-21-10-12-25-40(35)52-44/h1-8,10-19,21-28H,9,20H2. The summed E-state index contributed by atoms with van der Waals surface area (Å²) in [6.45, 7) is 0. The number of furan rings is 1. The maximum absolute atomic E-state index is 6.75. The van der Waals surface area contributed by atoms with E-state index in [4.69, 9.17) is 19.4 Å². The van der Waals surface area contributed by atoms with Gasteiger partial charge in [-0.05, 0) is 71.0 Å². The summed E-state index contributed by atoms with van der Waals surface area (Å²) in [5, 5.41) is 7.73. The molecule has 0 saturated carbocycles. The molecule has 3 aromatic heterocycles. The van der Waals surface area contributed by atoms with Crippen LogP contribution >= 0.6 is 0 Å². The molecule has 1 aliphatic carbocycles. The van der Waals surface area contributed by atoms with Crippen LogP contribution in [0.4, 0.5) is 0 Å². The molecule has 5 nitrogen and oxygen atoms in total. The fourth-order valence-electron chi connectivity index (χ4n) is 8.22. The Bertz CT molecular complexity index is 3060. The molecule has 0 N–H and O–H groups in total. The molecule has 244 valence electrons. The van der Waals surface area contributed by atoms with Crippen LogP contribution in [-0.4, -0.2) is 19.5 Å². The lowest BCUT2D eigenvalue weighted by molar-refractivity contribution is 0.673. The lowest BCUT2D eigenvalue weighted by Gasteiger charge is -2.13. The highest BCUT2D eigenvalue weighted by molar-refractivity contribution is 6.26. The Morgan fingerprint density at radius 1 is 0.538 bits per heavy atom. The van der Waals surface area contributed by atoms with Gasteiger partial charge in [-0.3, -0.25) is 0 Å². The maximum Gasteiger partial charge on any atom is 0.164 e. The van der Waals surface area contributed by atoms with E-state index < -0.39 is 0 Å². The molecule has 10 aromatic rings. The van der Waals surface area contributed by atoms with Gasteiger partial charge in [0.15, 0.2) is 17.5 Å². The van der Waals surface area contributed by atoms with Gasteiger partial charge in [0.25, 0.3) is 0 Å². The van der Waals surface area contributed by atoms with Crippen molar-refractivity contribution in [1.29, 1.82) is 0 Å². The monoisotopic (exact) mass is 666 g/mol. The molecule has 0 atom stereocenters. The molecule has 0 radical (unpaired) electrons. The van der Waals surface area contributed by atoms with Crippen molar-refractivity contribution in [2.24, 2.45) is 0 Å². The summed E-state index contributed by atoms with van der Waals surface area (Å²) in [5.74, 6) is 1.90. The molecule has 0 unspecified atom stereocenters. The fourth-order valence-corrected chi connectivity index (χ4v) is 8.22. The van der Waals surface area contributed by atoms with Gasteiger partial charge in [0.1, 0.15) is 11.2 Å². The third-order valence-electron chi connectivity index (χ3n) is 10.5. The Morgan fingerprint density at radius 2 is 1.25 bits per heavy atom. The lowest BCUT2D eigenvalue weighted by Crippen LogP contribution is -2.01. The van der Waals surface area contributed by atoms with Crippen LogP contribution in [0.15, 0.2) is 156 Å². The Hall–Kier alpha value is -6.85. The van der Waals surface area contributed by atoms with Crippen LogP contribution in [0.1, 0.15) is 17.7 Å². The number of aryl methyl sites for hydroxylation is 1. The number of allylic oxidation sites excluding steroid dienone is 1. The van der Waals surface area contributed by atoms with Gasteiger partial charge in [-0.1, -0.05) is 121 Å². The summed E-state index contributed by atoms with van der Waals surface area (Å²) in [6.07, 6.45) is 6.48. The predicted molar refractivity (Wildman–Crippen MR) is 213 cm³/mol. The van der Waals surface area contributed by atoms with Crippen LogP contribution in [-0.2, 0) is 6.42 Å². The third-order valence-corrected chi connectivity index (χ3v) is 10.5. The van der Waals surface area contributed by atoms with Gasteiger partial charge in [0.2, 0.25) is 0 Å². The summed E-state index contributed by atoms with van der Waals surface area (Å²) in [4.78, 5) is 15.9. The zero-order valence-electron chi connectivity index (χ0n) is 28.1. The van der Waals surface area contributed by atoms with E-state index in [1.54, 1.807) is 0 Å². The molecule has 1 aliphatic rings. The van der Waals surface area contributed by atoms with Gasteiger partial charge in [-0.25, -0.2) is 15.0 Å². The van der Waals surface area contributed by atoms with Gasteiger partial charge < -0.3 is 8.98 Å². The minimum Gasteiger partial charge on any atom is -0.455 e. The smallest absolute Gasteiger partial charge is 0.164 e. The number of fused-ring (bicyclic) bond motifs is 10. The Morgan fingerprint density at radius 3 is 2.12 bits per heavy atom. The van der Waals surface area contributed by atoms with E-state index in [1.165, 1.54) is 22.0 Å². The van der Waals surface area contributed by atoms with Crippen LogP contribution in [0.25, 0.3) is 100 Å². The normalized spacial score (nSPS) is 12.8. The quantitative estimate of drug-likeness (QED) is 0.175. The number of benzene rings is 7. The number of nitrogens with zero attached hydrogens (tertiary/aromatic N) is 4. The highest BCUT2D eigenvalue weighted by Crippen LogP contribution is 2.44. The molecule has 0 bridgehead atoms. The largest absolute Gasteiger partial charge is 0.455 e. The van der Waals surface area contributed by atoms with Crippen molar-refractivity contribution >= 4 is 60.5 Å². The van der Waals surface area contributed by atoms with Gasteiger partial charge in [0, 0.05) is 49.6 Å². The Kier molecular flexibility index (Phi) is 6.31. The molecule has 11 rings (SSSR count). The van der Waals surface area contributed by atoms with E-state index in [0.717, 1.165) is 78.8 Å². The highest BCUT2D eigenvalue weighted by atomic mass is 16.3. The van der Waals surface area contributed by atoms with Crippen LogP contribution in [0.3, 0.4) is 0 Å². The molecule has 52 heavy (non-hydrogen) atoms. The number of hydrogen-bond donors (Lipinski definition) is 0. The molecule has 0 spiro atoms. The topological polar surface area (TPSA) is 56.7 Å². The Labute approximate surface area is 299 Å². The summed E-state index contributed by atoms with van der Waals surface area (Å²) in [7, 11) is 0. The molecule has 5 heteroatoms. The van der Waals surface area contributed by atoms with Crippen molar-refractivity contribution in [3.8, 4) is 39.9 Å². The molecular formula is C47H30N4O. The van der Waals surface area contributed by atoms with Crippen LogP contribution in [0.2, 0.25) is 0 Å². The average molecular weight is 667 g/mol. The third kappa shape index (κ3) is 4.32. The predicted octanol–water partition coefficient (Wildman–Crippen LogP) is 12.0. The summed E-state index contributed by atoms with van der Waals surface area (Å²) < 4.78 is 9.12. The molecular weight excluding hydrogens is 637 g/mol. The van der Waals surface area contributed by atoms with E-state index in [-0.39, 0.29) is 0 Å². The number of rotatable bonds is 4. The first-order chi connectivity index (χ1) is 25.8. The molecule has 0 fully saturated rings. The van der Waals surface area contributed by atoms with Gasteiger partial charge in [-0.15, -0.1) is 0 Å². The van der Waals surface area contributed by atoms with E-state index in [1.807, 2.05) is 30.3 Å². The highest BCUT2D eigenvalue weighted by Gasteiger charge is 2.25. The van der Waals surface area contributed by atoms with E-state index >= 15 is 0 Å². The average Bonchev–Trinajstić information content (AvgIpc) is 3.77. The molecule has 0 amide bonds. The summed E-state index contributed by atoms with van der Waals surface area (Å²) in [6, 6.07) is 50.7. The fraction of sp³-hybridized carbons (Fsp3) is 0.0426. The van der Waals surface area contributed by atoms with Crippen molar-refractivity contribution < 1.29 is 4.42 Å². The van der Waals surface area contributed by atoms with Crippen molar-refractivity contribution in [3.05, 3.63) is 163 Å². The van der Waals surface area contributed by atoms with Gasteiger partial charge in [-0.2, -0.15) is 0 Å². The summed E-state index contributed by atoms with van der Waals surface area (Å²) >= 11 is 0. The van der Waals surface area contributed by atoms with Crippen LogP contribution in [0, 0.1) is 0 Å². The summed E-state index contributed by atoms with van der Waals surface area (Å²) in [5.41, 5.74) is 9.35. The van der Waals surface area contributed by atoms with Crippen molar-refractivity contribution in [2.75, 3.05) is 0 Å². The zero-order valence-corrected chi connectivity index (χ0v) is 28.1. The zero-order chi connectivity index (χ0) is 34.2. The van der Waals surface area contributed by atoms with E-state index in [2.05, 4.69) is 132 Å².